The first-order valence-corrected chi connectivity index (χ1v) is 9.61. The molecule has 0 bridgehead atoms. The van der Waals surface area contributed by atoms with E-state index < -0.39 is 17.5 Å². The molecule has 0 radical (unpaired) electrons. The summed E-state index contributed by atoms with van der Waals surface area (Å²) in [6.07, 6.45) is 1.51. The van der Waals surface area contributed by atoms with E-state index in [1.165, 1.54) is 16.9 Å². The number of carbonyl (C=O) groups excluding carboxylic acids is 1. The average molecular weight is 413 g/mol. The molecule has 5 nitrogen and oxygen atoms in total. The Morgan fingerprint density at radius 1 is 1.13 bits per heavy atom. The molecule has 0 aliphatic rings. The summed E-state index contributed by atoms with van der Waals surface area (Å²) in [4.78, 5) is 12.8. The predicted octanol–water partition coefficient (Wildman–Crippen LogP) is 4.61. The van der Waals surface area contributed by atoms with E-state index in [-0.39, 0.29) is 22.4 Å². The Balaban J connectivity index is 1.73. The molecule has 0 unspecified atom stereocenters. The van der Waals surface area contributed by atoms with Crippen LogP contribution in [0.1, 0.15) is 42.3 Å². The molecule has 0 spiro atoms. The molecule has 1 N–H and O–H groups in total. The second-order valence-electron chi connectivity index (χ2n) is 8.09. The smallest absolute Gasteiger partial charge is 0.255 e. The highest BCUT2D eigenvalue weighted by molar-refractivity contribution is 5.99. The third kappa shape index (κ3) is 5.51. The maximum atomic E-state index is 14.2. The van der Waals surface area contributed by atoms with Gasteiger partial charge in [-0.05, 0) is 44.0 Å². The average Bonchev–Trinajstić information content (AvgIpc) is 3.06. The summed E-state index contributed by atoms with van der Waals surface area (Å²) >= 11 is 0. The maximum Gasteiger partial charge on any atom is 0.255 e. The van der Waals surface area contributed by atoms with Crippen LogP contribution in [0, 0.1) is 11.6 Å². The summed E-state index contributed by atoms with van der Waals surface area (Å²) in [6.45, 7) is 6.75. The highest BCUT2D eigenvalue weighted by Crippen LogP contribution is 2.25. The third-order valence-corrected chi connectivity index (χ3v) is 4.38. The largest absolute Gasteiger partial charge is 0.371 e. The lowest BCUT2D eigenvalue weighted by atomic mass is 10.1. The van der Waals surface area contributed by atoms with Crippen LogP contribution in [0.4, 0.5) is 8.78 Å². The van der Waals surface area contributed by atoms with Crippen LogP contribution in [-0.2, 0) is 24.9 Å². The summed E-state index contributed by atoms with van der Waals surface area (Å²) in [5, 5.41) is 7.03. The minimum atomic E-state index is -0.769. The van der Waals surface area contributed by atoms with Crippen LogP contribution in [0.2, 0.25) is 0 Å². The van der Waals surface area contributed by atoms with Gasteiger partial charge in [0.15, 0.2) is 0 Å². The van der Waals surface area contributed by atoms with E-state index in [9.17, 15) is 13.6 Å². The molecule has 0 atom stereocenters. The first-order valence-electron chi connectivity index (χ1n) is 9.61. The highest BCUT2D eigenvalue weighted by Gasteiger charge is 2.20. The standard InChI is InChI=1S/C23H25F2N3O2/c1-23(2,3)30-14-16-7-5-6-15(10-16)12-26-22(29)19-13-28(4)27-21(19)18-9-8-17(24)11-20(18)25/h5-11,13H,12,14H2,1-4H3,(H,26,29). The molecular formula is C23H25F2N3O2. The number of aryl methyl sites for hydroxylation is 1. The molecule has 30 heavy (non-hydrogen) atoms. The Labute approximate surface area is 174 Å². The summed E-state index contributed by atoms with van der Waals surface area (Å²) in [7, 11) is 1.64. The Kier molecular flexibility index (Phi) is 6.31. The summed E-state index contributed by atoms with van der Waals surface area (Å²) in [5.41, 5.74) is 2.14. The van der Waals surface area contributed by atoms with E-state index in [4.69, 9.17) is 4.74 Å². The summed E-state index contributed by atoms with van der Waals surface area (Å²) in [5.74, 6) is -1.85. The van der Waals surface area contributed by atoms with Crippen LogP contribution in [0.5, 0.6) is 0 Å². The third-order valence-electron chi connectivity index (χ3n) is 4.38. The fourth-order valence-corrected chi connectivity index (χ4v) is 2.94. The topological polar surface area (TPSA) is 56.2 Å². The Morgan fingerprint density at radius 3 is 2.57 bits per heavy atom. The van der Waals surface area contributed by atoms with Crippen LogP contribution >= 0.6 is 0 Å². The van der Waals surface area contributed by atoms with Gasteiger partial charge >= 0.3 is 0 Å². The molecule has 2 aromatic carbocycles. The van der Waals surface area contributed by atoms with Crippen molar-refractivity contribution in [2.75, 3.05) is 0 Å². The molecule has 7 heteroatoms. The zero-order valence-electron chi connectivity index (χ0n) is 17.5. The molecule has 158 valence electrons. The number of aromatic nitrogens is 2. The van der Waals surface area contributed by atoms with E-state index >= 15 is 0 Å². The number of benzene rings is 2. The normalized spacial score (nSPS) is 11.5. The number of nitrogens with one attached hydrogen (secondary N) is 1. The van der Waals surface area contributed by atoms with Gasteiger partial charge in [0, 0.05) is 31.4 Å². The molecule has 0 saturated carbocycles. The number of halogens is 2. The van der Waals surface area contributed by atoms with Crippen molar-refractivity contribution >= 4 is 5.91 Å². The van der Waals surface area contributed by atoms with Crippen LogP contribution in [0.15, 0.2) is 48.7 Å². The van der Waals surface area contributed by atoms with Crippen molar-refractivity contribution in [1.82, 2.24) is 15.1 Å². The second-order valence-corrected chi connectivity index (χ2v) is 8.09. The number of amides is 1. The molecule has 1 aromatic heterocycles. The van der Waals surface area contributed by atoms with Gasteiger partial charge in [0.1, 0.15) is 17.3 Å². The molecule has 0 fully saturated rings. The van der Waals surface area contributed by atoms with E-state index in [2.05, 4.69) is 10.4 Å². The fourth-order valence-electron chi connectivity index (χ4n) is 2.94. The number of hydrogen-bond acceptors (Lipinski definition) is 3. The van der Waals surface area contributed by atoms with Crippen LogP contribution in [0.3, 0.4) is 0 Å². The molecule has 3 rings (SSSR count). The van der Waals surface area contributed by atoms with Gasteiger partial charge in [-0.1, -0.05) is 24.3 Å². The van der Waals surface area contributed by atoms with E-state index in [1.807, 2.05) is 45.0 Å². The van der Waals surface area contributed by atoms with E-state index in [0.29, 0.717) is 13.2 Å². The van der Waals surface area contributed by atoms with Crippen molar-refractivity contribution in [3.05, 3.63) is 77.0 Å². The maximum absolute atomic E-state index is 14.2. The van der Waals surface area contributed by atoms with E-state index in [1.54, 1.807) is 7.05 Å². The minimum Gasteiger partial charge on any atom is -0.371 e. The minimum absolute atomic E-state index is 0.0727. The highest BCUT2D eigenvalue weighted by atomic mass is 19.1. The molecule has 0 aliphatic carbocycles. The first kappa shape index (κ1) is 21.6. The van der Waals surface area contributed by atoms with Gasteiger partial charge in [-0.25, -0.2) is 8.78 Å². The van der Waals surface area contributed by atoms with Gasteiger partial charge in [0.2, 0.25) is 0 Å². The zero-order chi connectivity index (χ0) is 21.9. The lowest BCUT2D eigenvalue weighted by molar-refractivity contribution is -0.0149. The fraction of sp³-hybridized carbons (Fsp3) is 0.304. The SMILES string of the molecule is Cn1cc(C(=O)NCc2cccc(COC(C)(C)C)c2)c(-c2ccc(F)cc2F)n1. The molecule has 1 heterocycles. The van der Waals surface area contributed by atoms with Crippen molar-refractivity contribution in [2.45, 2.75) is 39.5 Å². The Bertz CT molecular complexity index is 1050. The van der Waals surface area contributed by atoms with Gasteiger partial charge in [0.05, 0.1) is 17.8 Å². The molecule has 3 aromatic rings. The second kappa shape index (κ2) is 8.75. The van der Waals surface area contributed by atoms with Crippen LogP contribution < -0.4 is 5.32 Å². The van der Waals surface area contributed by atoms with Crippen LogP contribution in [-0.4, -0.2) is 21.3 Å². The Hall–Kier alpha value is -3.06. The molecule has 0 saturated heterocycles. The van der Waals surface area contributed by atoms with Crippen molar-refractivity contribution in [1.29, 1.82) is 0 Å². The quantitative estimate of drug-likeness (QED) is 0.642. The number of ether oxygens (including phenoxy) is 1. The Morgan fingerprint density at radius 2 is 1.87 bits per heavy atom. The van der Waals surface area contributed by atoms with Gasteiger partial charge < -0.3 is 10.1 Å². The van der Waals surface area contributed by atoms with Crippen molar-refractivity contribution in [3.8, 4) is 11.3 Å². The summed E-state index contributed by atoms with van der Waals surface area (Å²) in [6, 6.07) is 10.9. The van der Waals surface area contributed by atoms with Gasteiger partial charge in [-0.15, -0.1) is 0 Å². The van der Waals surface area contributed by atoms with Gasteiger partial charge in [0.25, 0.3) is 5.91 Å². The van der Waals surface area contributed by atoms with E-state index in [0.717, 1.165) is 23.3 Å². The summed E-state index contributed by atoms with van der Waals surface area (Å²) < 4.78 is 34.7. The lowest BCUT2D eigenvalue weighted by Crippen LogP contribution is -2.23. The number of rotatable bonds is 6. The van der Waals surface area contributed by atoms with Crippen molar-refractivity contribution < 1.29 is 18.3 Å². The number of carbonyl (C=O) groups is 1. The molecule has 0 aliphatic heterocycles. The van der Waals surface area contributed by atoms with Crippen molar-refractivity contribution in [3.63, 3.8) is 0 Å². The predicted molar refractivity (Wildman–Crippen MR) is 111 cm³/mol. The zero-order valence-corrected chi connectivity index (χ0v) is 17.5. The van der Waals surface area contributed by atoms with Crippen LogP contribution in [0.25, 0.3) is 11.3 Å². The van der Waals surface area contributed by atoms with Crippen molar-refractivity contribution in [2.24, 2.45) is 7.05 Å². The lowest BCUT2D eigenvalue weighted by Gasteiger charge is -2.19. The van der Waals surface area contributed by atoms with Gasteiger partial charge in [-0.3, -0.25) is 9.48 Å². The monoisotopic (exact) mass is 413 g/mol. The number of hydrogen-bond donors (Lipinski definition) is 1. The number of nitrogens with zero attached hydrogens (tertiary/aromatic N) is 2. The van der Waals surface area contributed by atoms with Gasteiger partial charge in [-0.2, -0.15) is 5.10 Å². The first-order chi connectivity index (χ1) is 14.1. The molecule has 1 amide bonds. The molecular weight excluding hydrogens is 388 g/mol.